The minimum Gasteiger partial charge on any atom is -0.389 e. The van der Waals surface area contributed by atoms with Crippen molar-refractivity contribution in [2.75, 3.05) is 5.73 Å². The number of nitriles is 1. The van der Waals surface area contributed by atoms with Crippen molar-refractivity contribution in [3.63, 3.8) is 0 Å². The molecule has 1 aliphatic carbocycles. The van der Waals surface area contributed by atoms with Crippen molar-refractivity contribution < 1.29 is 4.79 Å². The fourth-order valence-electron chi connectivity index (χ4n) is 2.36. The first-order chi connectivity index (χ1) is 7.67. The van der Waals surface area contributed by atoms with E-state index in [0.29, 0.717) is 22.9 Å². The molecular formula is C12H14N2OS. The lowest BCUT2D eigenvalue weighted by atomic mass is 9.83. The lowest BCUT2D eigenvalue weighted by Crippen LogP contribution is -2.18. The van der Waals surface area contributed by atoms with Gasteiger partial charge in [-0.15, -0.1) is 11.3 Å². The maximum absolute atomic E-state index is 11.9. The summed E-state index contributed by atoms with van der Waals surface area (Å²) in [6.07, 6.45) is 3.58. The molecule has 0 amide bonds. The van der Waals surface area contributed by atoms with E-state index >= 15 is 0 Å². The van der Waals surface area contributed by atoms with Gasteiger partial charge in [-0.1, -0.05) is 13.3 Å². The molecule has 2 N–H and O–H groups in total. The second-order valence-electron chi connectivity index (χ2n) is 4.25. The Kier molecular flexibility index (Phi) is 2.97. The van der Waals surface area contributed by atoms with Crippen molar-refractivity contribution in [3.05, 3.63) is 16.0 Å². The summed E-state index contributed by atoms with van der Waals surface area (Å²) in [5.41, 5.74) is 7.20. The number of ketones is 1. The molecular weight excluding hydrogens is 220 g/mol. The topological polar surface area (TPSA) is 66.9 Å². The van der Waals surface area contributed by atoms with Gasteiger partial charge >= 0.3 is 0 Å². The van der Waals surface area contributed by atoms with Gasteiger partial charge in [0.15, 0.2) is 5.78 Å². The number of hydrogen-bond acceptors (Lipinski definition) is 4. The predicted molar refractivity (Wildman–Crippen MR) is 64.5 cm³/mol. The molecule has 1 atom stereocenters. The van der Waals surface area contributed by atoms with Crippen LogP contribution in [-0.2, 0) is 6.42 Å². The third-order valence-corrected chi connectivity index (χ3v) is 4.17. The molecule has 0 fully saturated rings. The van der Waals surface area contributed by atoms with Crippen LogP contribution >= 0.6 is 11.3 Å². The summed E-state index contributed by atoms with van der Waals surface area (Å²) in [5.74, 6) is 0.559. The summed E-state index contributed by atoms with van der Waals surface area (Å²) in [5, 5.41) is 9.53. The number of anilines is 1. The predicted octanol–water partition coefficient (Wildman–Crippen LogP) is 2.75. The second kappa shape index (κ2) is 4.26. The van der Waals surface area contributed by atoms with E-state index in [1.54, 1.807) is 0 Å². The highest BCUT2D eigenvalue weighted by Crippen LogP contribution is 2.38. The number of carbonyl (C=O) groups excluding carboxylic acids is 1. The molecule has 0 saturated heterocycles. The van der Waals surface area contributed by atoms with E-state index in [0.717, 1.165) is 29.7 Å². The van der Waals surface area contributed by atoms with Gasteiger partial charge in [0.05, 0.1) is 10.4 Å². The average Bonchev–Trinajstić information content (AvgIpc) is 2.55. The second-order valence-corrected chi connectivity index (χ2v) is 5.30. The van der Waals surface area contributed by atoms with Crippen molar-refractivity contribution in [3.8, 4) is 6.07 Å². The quantitative estimate of drug-likeness (QED) is 0.855. The SMILES string of the molecule is CCCC1CC(=O)c2sc(N)c(C#N)c2C1. The molecule has 1 heterocycles. The Balaban J connectivity index is 2.40. The van der Waals surface area contributed by atoms with E-state index in [1.807, 2.05) is 0 Å². The van der Waals surface area contributed by atoms with Crippen LogP contribution in [0.1, 0.15) is 47.0 Å². The molecule has 0 aliphatic heterocycles. The van der Waals surface area contributed by atoms with E-state index < -0.39 is 0 Å². The van der Waals surface area contributed by atoms with Gasteiger partial charge in [0, 0.05) is 6.42 Å². The molecule has 84 valence electrons. The van der Waals surface area contributed by atoms with E-state index in [9.17, 15) is 4.79 Å². The molecule has 0 spiro atoms. The first-order valence-electron chi connectivity index (χ1n) is 5.51. The molecule has 0 saturated carbocycles. The van der Waals surface area contributed by atoms with Gasteiger partial charge in [-0.25, -0.2) is 0 Å². The van der Waals surface area contributed by atoms with Gasteiger partial charge in [-0.2, -0.15) is 5.26 Å². The minimum absolute atomic E-state index is 0.165. The minimum atomic E-state index is 0.165. The molecule has 3 nitrogen and oxygen atoms in total. The van der Waals surface area contributed by atoms with Crippen molar-refractivity contribution in [2.45, 2.75) is 32.6 Å². The third-order valence-electron chi connectivity index (χ3n) is 3.06. The zero-order valence-electron chi connectivity index (χ0n) is 9.25. The highest BCUT2D eigenvalue weighted by atomic mass is 32.1. The normalized spacial score (nSPS) is 19.2. The fraction of sp³-hybridized carbons (Fsp3) is 0.500. The summed E-state index contributed by atoms with van der Waals surface area (Å²) >= 11 is 1.28. The Morgan fingerprint density at radius 2 is 2.31 bits per heavy atom. The standard InChI is InChI=1S/C12H14N2OS/c1-2-3-7-4-8-9(6-13)12(14)16-11(8)10(15)5-7/h7H,2-5,14H2,1H3. The van der Waals surface area contributed by atoms with Crippen LogP contribution in [0.2, 0.25) is 0 Å². The number of carbonyl (C=O) groups is 1. The Hall–Kier alpha value is -1.34. The number of fused-ring (bicyclic) bond motifs is 1. The lowest BCUT2D eigenvalue weighted by molar-refractivity contribution is 0.0950. The van der Waals surface area contributed by atoms with Gasteiger partial charge in [0.25, 0.3) is 0 Å². The molecule has 1 unspecified atom stereocenters. The lowest BCUT2D eigenvalue weighted by Gasteiger charge is -2.20. The van der Waals surface area contributed by atoms with E-state index in [-0.39, 0.29) is 5.78 Å². The number of thiophene rings is 1. The Labute approximate surface area is 98.9 Å². The third kappa shape index (κ3) is 1.72. The van der Waals surface area contributed by atoms with E-state index in [2.05, 4.69) is 13.0 Å². The molecule has 0 bridgehead atoms. The van der Waals surface area contributed by atoms with Gasteiger partial charge in [-0.3, -0.25) is 4.79 Å². The smallest absolute Gasteiger partial charge is 0.173 e. The van der Waals surface area contributed by atoms with Crippen LogP contribution in [0.25, 0.3) is 0 Å². The Morgan fingerprint density at radius 3 is 2.94 bits per heavy atom. The van der Waals surface area contributed by atoms with Gasteiger partial charge in [0.1, 0.15) is 11.1 Å². The monoisotopic (exact) mass is 234 g/mol. The largest absolute Gasteiger partial charge is 0.389 e. The van der Waals surface area contributed by atoms with Crippen LogP contribution in [0, 0.1) is 17.2 Å². The number of Topliss-reactive ketones (excluding diaryl/α,β-unsaturated/α-hetero) is 1. The van der Waals surface area contributed by atoms with E-state index in [4.69, 9.17) is 11.0 Å². The first-order valence-corrected chi connectivity index (χ1v) is 6.33. The number of hydrogen-bond donors (Lipinski definition) is 1. The highest BCUT2D eigenvalue weighted by molar-refractivity contribution is 7.18. The zero-order valence-corrected chi connectivity index (χ0v) is 10.1. The number of nitrogens with zero attached hydrogens (tertiary/aromatic N) is 1. The summed E-state index contributed by atoms with van der Waals surface area (Å²) in [4.78, 5) is 12.6. The van der Waals surface area contributed by atoms with Crippen LogP contribution in [0.5, 0.6) is 0 Å². The fourth-order valence-corrected chi connectivity index (χ4v) is 3.35. The molecule has 4 heteroatoms. The van der Waals surface area contributed by atoms with Crippen LogP contribution < -0.4 is 5.73 Å². The molecule has 1 aromatic rings. The summed E-state index contributed by atoms with van der Waals surface area (Å²) in [6, 6.07) is 2.12. The van der Waals surface area contributed by atoms with Crippen LogP contribution in [0.15, 0.2) is 0 Å². The maximum Gasteiger partial charge on any atom is 0.173 e. The molecule has 2 rings (SSSR count). The van der Waals surface area contributed by atoms with Gasteiger partial charge in [0.2, 0.25) is 0 Å². The van der Waals surface area contributed by atoms with Crippen molar-refractivity contribution in [2.24, 2.45) is 5.92 Å². The first kappa shape index (κ1) is 11.2. The highest BCUT2D eigenvalue weighted by Gasteiger charge is 2.30. The summed E-state index contributed by atoms with van der Waals surface area (Å²) in [6.45, 7) is 2.12. The number of rotatable bonds is 2. The van der Waals surface area contributed by atoms with Gasteiger partial charge in [-0.05, 0) is 24.3 Å². The summed E-state index contributed by atoms with van der Waals surface area (Å²) < 4.78 is 0. The van der Waals surface area contributed by atoms with Crippen molar-refractivity contribution >= 4 is 22.1 Å². The molecule has 1 aliphatic rings. The summed E-state index contributed by atoms with van der Waals surface area (Å²) in [7, 11) is 0. The molecule has 0 aromatic carbocycles. The van der Waals surface area contributed by atoms with E-state index in [1.165, 1.54) is 11.3 Å². The molecule has 0 radical (unpaired) electrons. The van der Waals surface area contributed by atoms with Crippen molar-refractivity contribution in [1.82, 2.24) is 0 Å². The molecule has 1 aromatic heterocycles. The average molecular weight is 234 g/mol. The maximum atomic E-state index is 11.9. The Morgan fingerprint density at radius 1 is 1.56 bits per heavy atom. The van der Waals surface area contributed by atoms with Crippen LogP contribution in [-0.4, -0.2) is 5.78 Å². The van der Waals surface area contributed by atoms with Crippen LogP contribution in [0.4, 0.5) is 5.00 Å². The zero-order chi connectivity index (χ0) is 11.7. The van der Waals surface area contributed by atoms with Crippen molar-refractivity contribution in [1.29, 1.82) is 5.26 Å². The number of nitrogen functional groups attached to an aromatic ring is 1. The Bertz CT molecular complexity index is 470. The number of nitrogens with two attached hydrogens (primary N) is 1. The van der Waals surface area contributed by atoms with Gasteiger partial charge < -0.3 is 5.73 Å². The molecule has 16 heavy (non-hydrogen) atoms. The van der Waals surface area contributed by atoms with Crippen LogP contribution in [0.3, 0.4) is 0 Å².